The summed E-state index contributed by atoms with van der Waals surface area (Å²) >= 11 is 1.48. The number of hydrogen-bond donors (Lipinski definition) is 2. The Morgan fingerprint density at radius 1 is 1.24 bits per heavy atom. The highest BCUT2D eigenvalue weighted by Crippen LogP contribution is 2.41. The lowest BCUT2D eigenvalue weighted by atomic mass is 9.89. The van der Waals surface area contributed by atoms with Gasteiger partial charge in [-0.3, -0.25) is 0 Å². The van der Waals surface area contributed by atoms with Gasteiger partial charge in [-0.25, -0.2) is 17.9 Å². The van der Waals surface area contributed by atoms with Crippen LogP contribution < -0.4 is 9.62 Å². The molecule has 3 rings (SSSR count). The van der Waals surface area contributed by atoms with Gasteiger partial charge in [0.05, 0.1) is 17.8 Å². The van der Waals surface area contributed by atoms with Crippen LogP contribution in [-0.2, 0) is 26.2 Å². The second kappa shape index (κ2) is 10.9. The number of unbranched alkanes of at least 4 members (excludes halogenated alkanes) is 1. The van der Waals surface area contributed by atoms with Crippen LogP contribution in [0.2, 0.25) is 0 Å². The molecular weight excluding hydrogens is 460 g/mol. The summed E-state index contributed by atoms with van der Waals surface area (Å²) < 4.78 is 35.7. The highest BCUT2D eigenvalue weighted by molar-refractivity contribution is 7.98. The van der Waals surface area contributed by atoms with Crippen molar-refractivity contribution in [1.29, 1.82) is 0 Å². The summed E-state index contributed by atoms with van der Waals surface area (Å²) in [4.78, 5) is 14.0. The molecule has 0 saturated carbocycles. The molecule has 1 aliphatic heterocycles. The van der Waals surface area contributed by atoms with Crippen LogP contribution in [0.3, 0.4) is 0 Å². The standard InChI is InChI=1S/C24H32N2O5S2/c1-4-6-12-24(5-2)17-26(19-10-8-7-9-11-19)20-14-21(32-3)18(15-31-16-23(27)28)13-22(20)33(29,30)25-24/h7-11,13-14,25H,4-6,12,15-17H2,1-3H3,(H,27,28)/t24-/m0/s1. The average molecular weight is 493 g/mol. The maximum Gasteiger partial charge on any atom is 0.329 e. The molecule has 1 heterocycles. The highest BCUT2D eigenvalue weighted by atomic mass is 32.2. The molecule has 180 valence electrons. The van der Waals surface area contributed by atoms with Crippen LogP contribution in [-0.4, -0.2) is 44.4 Å². The van der Waals surface area contributed by atoms with Gasteiger partial charge in [0.15, 0.2) is 0 Å². The zero-order valence-corrected chi connectivity index (χ0v) is 21.0. The fourth-order valence-electron chi connectivity index (χ4n) is 4.17. The summed E-state index contributed by atoms with van der Waals surface area (Å²) in [7, 11) is -3.83. The molecule has 1 aliphatic rings. The predicted molar refractivity (Wildman–Crippen MR) is 132 cm³/mol. The van der Waals surface area contributed by atoms with E-state index in [1.807, 2.05) is 49.6 Å². The normalized spacial score (nSPS) is 19.7. The molecule has 0 unspecified atom stereocenters. The average Bonchev–Trinajstić information content (AvgIpc) is 2.90. The van der Waals surface area contributed by atoms with Gasteiger partial charge in [-0.05, 0) is 48.9 Å². The molecular formula is C24H32N2O5S2. The van der Waals surface area contributed by atoms with Crippen molar-refractivity contribution in [1.82, 2.24) is 4.72 Å². The third-order valence-corrected chi connectivity index (χ3v) is 8.42. The van der Waals surface area contributed by atoms with E-state index >= 15 is 0 Å². The van der Waals surface area contributed by atoms with Gasteiger partial charge < -0.3 is 14.7 Å². The molecule has 9 heteroatoms. The quantitative estimate of drug-likeness (QED) is 0.461. The van der Waals surface area contributed by atoms with E-state index in [4.69, 9.17) is 9.84 Å². The van der Waals surface area contributed by atoms with Gasteiger partial charge in [0.25, 0.3) is 0 Å². The first-order chi connectivity index (χ1) is 15.7. The smallest absolute Gasteiger partial charge is 0.329 e. The predicted octanol–water partition coefficient (Wildman–Crippen LogP) is 4.78. The third kappa shape index (κ3) is 5.90. The first kappa shape index (κ1) is 25.6. The number of para-hydroxylation sites is 1. The van der Waals surface area contributed by atoms with Crippen molar-refractivity contribution in [2.45, 2.75) is 61.5 Å². The maximum atomic E-state index is 13.7. The number of hydrogen-bond acceptors (Lipinski definition) is 6. The van der Waals surface area contributed by atoms with E-state index in [0.29, 0.717) is 24.2 Å². The summed E-state index contributed by atoms with van der Waals surface area (Å²) in [6.07, 6.45) is 5.20. The summed E-state index contributed by atoms with van der Waals surface area (Å²) in [5, 5.41) is 8.90. The SMILES string of the molecule is CCCC[C@@]1(CC)CN(c2ccccc2)c2cc(SC)c(COCC(=O)O)cc2S(=O)(=O)N1. The number of thioether (sulfide) groups is 1. The van der Waals surface area contributed by atoms with E-state index in [-0.39, 0.29) is 11.5 Å². The van der Waals surface area contributed by atoms with Crippen LogP contribution in [0.15, 0.2) is 52.3 Å². The Morgan fingerprint density at radius 2 is 1.97 bits per heavy atom. The number of carboxylic acid groups (broad SMARTS) is 1. The van der Waals surface area contributed by atoms with Gasteiger partial charge in [0.1, 0.15) is 11.5 Å². The Labute approximate surface area is 200 Å². The van der Waals surface area contributed by atoms with E-state index in [2.05, 4.69) is 16.5 Å². The number of rotatable bonds is 10. The number of carboxylic acids is 1. The lowest BCUT2D eigenvalue weighted by Crippen LogP contribution is -2.52. The van der Waals surface area contributed by atoms with Gasteiger partial charge in [-0.2, -0.15) is 0 Å². The number of nitrogens with zero attached hydrogens (tertiary/aromatic N) is 1. The maximum absolute atomic E-state index is 13.7. The van der Waals surface area contributed by atoms with E-state index < -0.39 is 28.1 Å². The molecule has 0 aliphatic carbocycles. The molecule has 0 aromatic heterocycles. The molecule has 0 spiro atoms. The van der Waals surface area contributed by atoms with Gasteiger partial charge in [0, 0.05) is 17.1 Å². The van der Waals surface area contributed by atoms with E-state index in [9.17, 15) is 13.2 Å². The Kier molecular flexibility index (Phi) is 8.44. The minimum absolute atomic E-state index is 0.0192. The van der Waals surface area contributed by atoms with Crippen molar-refractivity contribution in [3.05, 3.63) is 48.0 Å². The van der Waals surface area contributed by atoms with Gasteiger partial charge in [-0.15, -0.1) is 11.8 Å². The molecule has 2 N–H and O–H groups in total. The fraction of sp³-hybridized carbons (Fsp3) is 0.458. The molecule has 0 amide bonds. The number of sulfonamides is 1. The summed E-state index contributed by atoms with van der Waals surface area (Å²) in [5.74, 6) is -1.07. The largest absolute Gasteiger partial charge is 0.480 e. The molecule has 0 bridgehead atoms. The summed E-state index contributed by atoms with van der Waals surface area (Å²) in [5.41, 5.74) is 1.59. The lowest BCUT2D eigenvalue weighted by molar-refractivity contribution is -0.142. The van der Waals surface area contributed by atoms with Crippen molar-refractivity contribution >= 4 is 39.1 Å². The number of aliphatic carboxylic acids is 1. The molecule has 7 nitrogen and oxygen atoms in total. The number of anilines is 2. The van der Waals surface area contributed by atoms with Crippen LogP contribution >= 0.6 is 11.8 Å². The topological polar surface area (TPSA) is 95.9 Å². The van der Waals surface area contributed by atoms with Crippen LogP contribution in [0.25, 0.3) is 0 Å². The zero-order valence-electron chi connectivity index (χ0n) is 19.3. The second-order valence-electron chi connectivity index (χ2n) is 8.28. The first-order valence-corrected chi connectivity index (χ1v) is 13.8. The molecule has 2 aromatic rings. The van der Waals surface area contributed by atoms with Crippen molar-refractivity contribution in [2.75, 3.05) is 24.3 Å². The van der Waals surface area contributed by atoms with Gasteiger partial charge >= 0.3 is 5.97 Å². The van der Waals surface area contributed by atoms with Gasteiger partial charge in [0.2, 0.25) is 10.0 Å². The van der Waals surface area contributed by atoms with Crippen LogP contribution in [0, 0.1) is 0 Å². The number of ether oxygens (including phenoxy) is 1. The minimum atomic E-state index is -3.83. The van der Waals surface area contributed by atoms with Gasteiger partial charge in [-0.1, -0.05) is 44.9 Å². The highest BCUT2D eigenvalue weighted by Gasteiger charge is 2.41. The molecule has 33 heavy (non-hydrogen) atoms. The van der Waals surface area contributed by atoms with Crippen molar-refractivity contribution < 1.29 is 23.1 Å². The van der Waals surface area contributed by atoms with Crippen molar-refractivity contribution in [2.24, 2.45) is 0 Å². The Balaban J connectivity index is 2.18. The lowest BCUT2D eigenvalue weighted by Gasteiger charge is -2.36. The summed E-state index contributed by atoms with van der Waals surface area (Å²) in [6, 6.07) is 13.3. The molecule has 0 radical (unpaired) electrons. The first-order valence-electron chi connectivity index (χ1n) is 11.1. The minimum Gasteiger partial charge on any atom is -0.480 e. The zero-order chi connectivity index (χ0) is 24.1. The second-order valence-corrected chi connectivity index (χ2v) is 10.8. The number of nitrogens with one attached hydrogen (secondary N) is 1. The summed E-state index contributed by atoms with van der Waals surface area (Å²) in [6.45, 7) is 4.22. The number of fused-ring (bicyclic) bond motifs is 1. The van der Waals surface area contributed by atoms with E-state index in [1.54, 1.807) is 6.07 Å². The monoisotopic (exact) mass is 492 g/mol. The third-order valence-electron chi connectivity index (χ3n) is 5.99. The molecule has 2 aromatic carbocycles. The molecule has 0 saturated heterocycles. The van der Waals surface area contributed by atoms with Crippen molar-refractivity contribution in [3.8, 4) is 0 Å². The fourth-order valence-corrected chi connectivity index (χ4v) is 6.52. The van der Waals surface area contributed by atoms with E-state index in [1.165, 1.54) is 11.8 Å². The Bertz CT molecular complexity index is 1080. The number of carbonyl (C=O) groups is 1. The molecule has 1 atom stereocenters. The van der Waals surface area contributed by atoms with Crippen LogP contribution in [0.1, 0.15) is 45.1 Å². The van der Waals surface area contributed by atoms with Crippen LogP contribution in [0.4, 0.5) is 11.4 Å². The Morgan fingerprint density at radius 3 is 2.58 bits per heavy atom. The molecule has 0 fully saturated rings. The van der Waals surface area contributed by atoms with Crippen molar-refractivity contribution in [3.63, 3.8) is 0 Å². The number of benzene rings is 2. The van der Waals surface area contributed by atoms with E-state index in [0.717, 1.165) is 29.8 Å². The Hall–Kier alpha value is -2.07. The van der Waals surface area contributed by atoms with Crippen LogP contribution in [0.5, 0.6) is 0 Å².